The van der Waals surface area contributed by atoms with Gasteiger partial charge in [-0.2, -0.15) is 0 Å². The van der Waals surface area contributed by atoms with Crippen molar-refractivity contribution in [2.75, 3.05) is 86.9 Å². The van der Waals surface area contributed by atoms with Crippen LogP contribution in [-0.2, 0) is 23.9 Å². The molecule has 0 atom stereocenters. The number of aliphatic hydroxyl groups excluding tert-OH is 1. The summed E-state index contributed by atoms with van der Waals surface area (Å²) < 4.78 is 71.2. The molecule has 0 fully saturated rings. The van der Waals surface area contributed by atoms with Crippen molar-refractivity contribution in [1.29, 1.82) is 0 Å². The van der Waals surface area contributed by atoms with E-state index in [-0.39, 0.29) is 93.5 Å². The summed E-state index contributed by atoms with van der Waals surface area (Å²) in [7, 11) is 3.15. The van der Waals surface area contributed by atoms with Crippen molar-refractivity contribution >= 4 is 63.0 Å². The van der Waals surface area contributed by atoms with E-state index in [2.05, 4.69) is 0 Å². The zero-order valence-corrected chi connectivity index (χ0v) is 47.2. The number of carbonyl (C=O) groups is 7. The zero-order chi connectivity index (χ0) is 62.4. The number of fused-ring (bicyclic) bond motifs is 6. The Kier molecular flexibility index (Phi) is 22.7. The number of ether oxygens (including phenoxy) is 12. The highest BCUT2D eigenvalue weighted by Crippen LogP contribution is 2.34. The van der Waals surface area contributed by atoms with Crippen molar-refractivity contribution in [3.8, 4) is 69.0 Å². The van der Waals surface area contributed by atoms with Crippen LogP contribution in [0.5, 0.6) is 69.0 Å². The molecule has 8 aromatic rings. The molecule has 87 heavy (non-hydrogen) atoms. The Balaban J connectivity index is 0.000000150. The van der Waals surface area contributed by atoms with Crippen LogP contribution < -0.4 is 47.4 Å². The number of phenolic OH excluding ortho intramolecular Hbond substituents is 2. The fourth-order valence-corrected chi connectivity index (χ4v) is 7.96. The smallest absolute Gasteiger partial charge is 0.344 e. The molecule has 0 spiro atoms. The van der Waals surface area contributed by atoms with Crippen LogP contribution in [0.4, 0.5) is 0 Å². The Labute approximate surface area is 494 Å². The summed E-state index contributed by atoms with van der Waals surface area (Å²) in [5.41, 5.74) is 3.42. The Morgan fingerprint density at radius 2 is 0.885 bits per heavy atom. The minimum absolute atomic E-state index is 0.0329. The summed E-state index contributed by atoms with van der Waals surface area (Å²) in [6.45, 7) is 3.86. The van der Waals surface area contributed by atoms with Crippen LogP contribution in [0.3, 0.4) is 0 Å². The van der Waals surface area contributed by atoms with E-state index >= 15 is 0 Å². The molecule has 0 aliphatic carbocycles. The first-order valence-corrected chi connectivity index (χ1v) is 26.3. The van der Waals surface area contributed by atoms with E-state index in [0.29, 0.717) is 98.5 Å². The number of methoxy groups -OCH3 is 2. The van der Waals surface area contributed by atoms with E-state index in [1.54, 1.807) is 112 Å². The number of hydrogen-bond donors (Lipinski definition) is 4. The molecular formula is C62H58O25. The summed E-state index contributed by atoms with van der Waals surface area (Å²) >= 11 is 0. The van der Waals surface area contributed by atoms with Crippen LogP contribution in [0.15, 0.2) is 131 Å². The van der Waals surface area contributed by atoms with E-state index < -0.39 is 18.5 Å². The number of aromatic hydroxyl groups is 2. The van der Waals surface area contributed by atoms with Gasteiger partial charge in [0.15, 0.2) is 51.1 Å². The van der Waals surface area contributed by atoms with Gasteiger partial charge in [0.05, 0.1) is 60.5 Å². The van der Waals surface area contributed by atoms with Crippen LogP contribution >= 0.6 is 0 Å². The van der Waals surface area contributed by atoms with Crippen LogP contribution in [0.2, 0.25) is 0 Å². The molecule has 456 valence electrons. The average Bonchev–Trinajstić information content (AvgIpc) is 4.60. The summed E-state index contributed by atoms with van der Waals surface area (Å²) in [5, 5.41) is 36.8. The minimum Gasteiger partial charge on any atom is -0.508 e. The van der Waals surface area contributed by atoms with Gasteiger partial charge in [0, 0.05) is 6.92 Å². The molecule has 12 rings (SSSR count). The summed E-state index contributed by atoms with van der Waals surface area (Å²) in [5.74, 6) is 3.80. The van der Waals surface area contributed by atoms with Gasteiger partial charge in [-0.25, -0.2) is 9.59 Å². The molecule has 0 radical (unpaired) electrons. The topological polar surface area (TPSA) is 337 Å². The number of Topliss-reactive ketones (excluding diaryl/α,β-unsaturated/α-hetero) is 4. The highest BCUT2D eigenvalue weighted by Gasteiger charge is 2.24. The molecular weight excluding hydrogens is 1140 g/mol. The normalized spacial score (nSPS) is 12.4. The second-order valence-electron chi connectivity index (χ2n) is 18.0. The first kappa shape index (κ1) is 63.6. The number of ketones is 4. The lowest BCUT2D eigenvalue weighted by atomic mass is 10.1. The lowest BCUT2D eigenvalue weighted by molar-refractivity contribution is -0.145. The van der Waals surface area contributed by atoms with Gasteiger partial charge in [-0.05, 0) is 116 Å². The molecule has 0 bridgehead atoms. The molecule has 6 aromatic carbocycles. The Bertz CT molecular complexity index is 3740. The molecule has 2 aromatic heterocycles. The second-order valence-corrected chi connectivity index (χ2v) is 18.0. The third kappa shape index (κ3) is 18.0. The number of esters is 2. The van der Waals surface area contributed by atoms with Crippen molar-refractivity contribution in [2.24, 2.45) is 0 Å². The molecule has 25 heteroatoms. The summed E-state index contributed by atoms with van der Waals surface area (Å²) in [6.07, 6.45) is 3.07. The van der Waals surface area contributed by atoms with Gasteiger partial charge in [-0.15, -0.1) is 0 Å². The molecule has 4 N–H and O–H groups in total. The number of carbonyl (C=O) groups excluding carboxylic acids is 6. The van der Waals surface area contributed by atoms with Crippen molar-refractivity contribution in [1.82, 2.24) is 0 Å². The predicted octanol–water partition coefficient (Wildman–Crippen LogP) is 8.06. The van der Waals surface area contributed by atoms with Gasteiger partial charge in [0.25, 0.3) is 0 Å². The second kappa shape index (κ2) is 31.1. The van der Waals surface area contributed by atoms with E-state index in [1.807, 2.05) is 6.07 Å². The molecule has 0 saturated heterocycles. The fourth-order valence-electron chi connectivity index (χ4n) is 7.96. The van der Waals surface area contributed by atoms with Crippen LogP contribution in [0.25, 0.3) is 21.9 Å². The third-order valence-corrected chi connectivity index (χ3v) is 12.0. The number of hydrogen-bond acceptors (Lipinski definition) is 24. The van der Waals surface area contributed by atoms with Gasteiger partial charge >= 0.3 is 17.9 Å². The van der Waals surface area contributed by atoms with Gasteiger partial charge in [-0.1, -0.05) is 0 Å². The highest BCUT2D eigenvalue weighted by atomic mass is 16.6. The molecule has 0 amide bonds. The maximum atomic E-state index is 11.4. The quantitative estimate of drug-likeness (QED) is 0.0525. The monoisotopic (exact) mass is 1200 g/mol. The maximum Gasteiger partial charge on any atom is 0.344 e. The SMILES string of the molecule is CCOC(=O)COc1ccc2c(c1)C(=O)CO2.COc1coc2ccc(O)cc12.COc1coc2ccc(OCCOC(C)=O)cc12.O=C(O)COc1ccc2c(c1)C(=O)CO2.O=C1COc2ccc(O)cc21.O=C1COc2ccc(OCCO)cc21. The molecule has 4 aliphatic heterocycles. The van der Waals surface area contributed by atoms with E-state index in [4.69, 9.17) is 81.0 Å². The van der Waals surface area contributed by atoms with E-state index in [9.17, 15) is 38.7 Å². The first-order chi connectivity index (χ1) is 42.0. The predicted molar refractivity (Wildman–Crippen MR) is 304 cm³/mol. The minimum atomic E-state index is -1.06. The number of furan rings is 2. The van der Waals surface area contributed by atoms with Gasteiger partial charge in [0.1, 0.15) is 101 Å². The third-order valence-electron chi connectivity index (χ3n) is 12.0. The largest absolute Gasteiger partial charge is 0.508 e. The Hall–Kier alpha value is -11.0. The number of carboxylic acids is 1. The number of benzene rings is 6. The van der Waals surface area contributed by atoms with Crippen LogP contribution in [0, 0.1) is 0 Å². The standard InChI is InChI=1S/C13H14O5.C12H12O5.C10H8O5.C10H10O4.C9H8O3.C8H6O3/c1-9(14)16-5-6-17-10-3-4-12-11(7-10)13(15-2)8-18-12;1-2-15-12(14)7-16-8-3-4-11-9(5-8)10(13)6-17-11;11-8-4-15-9-2-1-6(3-7(8)9)14-5-10(12)13;11-3-4-13-7-1-2-10-8(5-7)9(12)6-14-10;1-11-9-5-12-8-3-2-6(10)4-7(8)9;9-5-1-2-8-6(3-5)7(10)4-11-8/h3-4,7-8H,5-6H2,1-2H3;3-5H,2,6-7H2,1H3;1-3H,4-5H2,(H,12,13);1-2,5,11H,3-4,6H2;2-5,10H,1H3;1-3,9H,4H2. The fraction of sp³-hybridized carbons (Fsp3) is 0.242. The molecule has 0 unspecified atom stereocenters. The van der Waals surface area contributed by atoms with Gasteiger partial charge < -0.3 is 86.1 Å². The lowest BCUT2D eigenvalue weighted by Gasteiger charge is -2.06. The lowest BCUT2D eigenvalue weighted by Crippen LogP contribution is -2.14. The van der Waals surface area contributed by atoms with Crippen molar-refractivity contribution in [2.45, 2.75) is 13.8 Å². The van der Waals surface area contributed by atoms with Crippen molar-refractivity contribution in [3.05, 3.63) is 144 Å². The number of phenols is 2. The van der Waals surface area contributed by atoms with E-state index in [0.717, 1.165) is 16.4 Å². The van der Waals surface area contributed by atoms with Gasteiger partial charge in [0.2, 0.25) is 23.1 Å². The van der Waals surface area contributed by atoms with E-state index in [1.165, 1.54) is 31.4 Å². The van der Waals surface area contributed by atoms with Crippen molar-refractivity contribution in [3.63, 3.8) is 0 Å². The first-order valence-electron chi connectivity index (χ1n) is 26.3. The summed E-state index contributed by atoms with van der Waals surface area (Å²) in [6, 6.07) is 29.4. The Morgan fingerprint density at radius 3 is 1.36 bits per heavy atom. The molecule has 4 aliphatic rings. The molecule has 6 heterocycles. The number of aliphatic hydroxyl groups is 1. The molecule has 25 nitrogen and oxygen atoms in total. The van der Waals surface area contributed by atoms with Crippen LogP contribution in [0.1, 0.15) is 55.3 Å². The number of rotatable bonds is 16. The number of carboxylic acid groups (broad SMARTS) is 1. The highest BCUT2D eigenvalue weighted by molar-refractivity contribution is 6.04. The Morgan fingerprint density at radius 1 is 0.483 bits per heavy atom. The summed E-state index contributed by atoms with van der Waals surface area (Å²) in [4.78, 5) is 76.8. The van der Waals surface area contributed by atoms with Crippen molar-refractivity contribution < 1.29 is 120 Å². The average molecular weight is 1200 g/mol. The zero-order valence-electron chi connectivity index (χ0n) is 47.2. The van der Waals surface area contributed by atoms with Crippen LogP contribution in [-0.4, -0.2) is 148 Å². The number of aliphatic carboxylic acids is 1. The van der Waals surface area contributed by atoms with Gasteiger partial charge in [-0.3, -0.25) is 24.0 Å². The molecule has 0 saturated carbocycles. The maximum absolute atomic E-state index is 11.4.